The Balaban J connectivity index is 2.23. The highest BCUT2D eigenvalue weighted by molar-refractivity contribution is 7.16. The van der Waals surface area contributed by atoms with Gasteiger partial charge in [-0.1, -0.05) is 46.1 Å². The first-order valence-corrected chi connectivity index (χ1v) is 9.66. The summed E-state index contributed by atoms with van der Waals surface area (Å²) >= 11 is 19.5. The first kappa shape index (κ1) is 19.9. The maximum Gasteiger partial charge on any atom is 0.325 e. The van der Waals surface area contributed by atoms with E-state index in [0.717, 1.165) is 15.8 Å². The summed E-state index contributed by atoms with van der Waals surface area (Å²) in [5, 5.41) is 1.17. The maximum absolute atomic E-state index is 12.7. The molecular formula is C18H13Cl3N2O3S. The zero-order valence-corrected chi connectivity index (χ0v) is 17.3. The van der Waals surface area contributed by atoms with Crippen molar-refractivity contribution in [2.45, 2.75) is 13.5 Å². The summed E-state index contributed by atoms with van der Waals surface area (Å²) in [5.74, 6) is -1.03. The molecule has 0 aliphatic carbocycles. The number of hydrogen-bond acceptors (Lipinski definition) is 4. The van der Waals surface area contributed by atoms with E-state index < -0.39 is 11.9 Å². The van der Waals surface area contributed by atoms with Gasteiger partial charge in [-0.25, -0.2) is 0 Å². The molecule has 0 fully saturated rings. The predicted molar refractivity (Wildman–Crippen MR) is 108 cm³/mol. The third-order valence-electron chi connectivity index (χ3n) is 3.90. The Morgan fingerprint density at radius 2 is 1.85 bits per heavy atom. The van der Waals surface area contributed by atoms with Crippen molar-refractivity contribution >= 4 is 68.2 Å². The number of thiazole rings is 1. The molecule has 2 aromatic carbocycles. The molecule has 3 rings (SSSR count). The van der Waals surface area contributed by atoms with Crippen LogP contribution in [-0.4, -0.2) is 23.6 Å². The molecule has 0 N–H and O–H groups in total. The molecule has 0 bridgehead atoms. The first-order chi connectivity index (χ1) is 12.8. The van der Waals surface area contributed by atoms with E-state index in [-0.39, 0.29) is 17.1 Å². The van der Waals surface area contributed by atoms with Crippen LogP contribution in [0.5, 0.6) is 0 Å². The zero-order chi connectivity index (χ0) is 19.7. The maximum atomic E-state index is 12.7. The molecule has 1 heterocycles. The minimum Gasteiger partial charge on any atom is -0.468 e. The SMILES string of the molecule is COC(=O)Cn1c(=NC(=O)c2cc(Cl)ccc2Cl)sc2ccc(Cl)c(C)c21. The molecule has 140 valence electrons. The lowest BCUT2D eigenvalue weighted by Crippen LogP contribution is -2.22. The van der Waals surface area contributed by atoms with Gasteiger partial charge in [-0.15, -0.1) is 0 Å². The molecule has 0 saturated heterocycles. The number of aryl methyl sites for hydroxylation is 1. The fourth-order valence-corrected chi connectivity index (χ4v) is 4.16. The van der Waals surface area contributed by atoms with Crippen molar-refractivity contribution in [3.63, 3.8) is 0 Å². The highest BCUT2D eigenvalue weighted by Crippen LogP contribution is 2.27. The molecular weight excluding hydrogens is 431 g/mol. The summed E-state index contributed by atoms with van der Waals surface area (Å²) in [6.45, 7) is 1.73. The number of hydrogen-bond donors (Lipinski definition) is 0. The van der Waals surface area contributed by atoms with E-state index in [1.165, 1.54) is 30.6 Å². The standard InChI is InChI=1S/C18H13Cl3N2O3S/c1-9-12(20)5-6-14-16(9)23(8-15(24)26-2)18(27-14)22-17(25)11-7-10(19)3-4-13(11)21/h3-7H,8H2,1-2H3. The molecule has 0 saturated carbocycles. The fraction of sp³-hybridized carbons (Fsp3) is 0.167. The Hall–Kier alpha value is -1.86. The van der Waals surface area contributed by atoms with Crippen molar-refractivity contribution in [2.24, 2.45) is 4.99 Å². The smallest absolute Gasteiger partial charge is 0.325 e. The monoisotopic (exact) mass is 442 g/mol. The second kappa shape index (κ2) is 8.02. The van der Waals surface area contributed by atoms with Gasteiger partial charge in [-0.2, -0.15) is 4.99 Å². The number of rotatable bonds is 3. The van der Waals surface area contributed by atoms with Gasteiger partial charge in [0.2, 0.25) is 0 Å². The van der Waals surface area contributed by atoms with Crippen molar-refractivity contribution in [3.8, 4) is 0 Å². The van der Waals surface area contributed by atoms with E-state index in [1.807, 2.05) is 13.0 Å². The van der Waals surface area contributed by atoms with Crippen LogP contribution in [0.1, 0.15) is 15.9 Å². The number of esters is 1. The van der Waals surface area contributed by atoms with Gasteiger partial charge >= 0.3 is 5.97 Å². The number of halogens is 3. The Kier molecular flexibility index (Phi) is 5.91. The molecule has 1 aromatic heterocycles. The number of benzene rings is 2. The van der Waals surface area contributed by atoms with Crippen LogP contribution < -0.4 is 4.80 Å². The summed E-state index contributed by atoms with van der Waals surface area (Å²) in [6, 6.07) is 8.15. The zero-order valence-electron chi connectivity index (χ0n) is 14.3. The Bertz CT molecular complexity index is 1130. The largest absolute Gasteiger partial charge is 0.468 e. The second-order valence-electron chi connectivity index (χ2n) is 5.61. The summed E-state index contributed by atoms with van der Waals surface area (Å²) in [6.07, 6.45) is 0. The topological polar surface area (TPSA) is 60.7 Å². The lowest BCUT2D eigenvalue weighted by Gasteiger charge is -2.07. The Morgan fingerprint density at radius 1 is 1.15 bits per heavy atom. The molecule has 0 spiro atoms. The average Bonchev–Trinajstić information content (AvgIpc) is 2.97. The number of carbonyl (C=O) groups excluding carboxylic acids is 2. The van der Waals surface area contributed by atoms with Crippen LogP contribution in [0, 0.1) is 6.92 Å². The van der Waals surface area contributed by atoms with Crippen LogP contribution in [0.25, 0.3) is 10.2 Å². The number of methoxy groups -OCH3 is 1. The van der Waals surface area contributed by atoms with Crippen LogP contribution in [0.4, 0.5) is 0 Å². The number of ether oxygens (including phenoxy) is 1. The summed E-state index contributed by atoms with van der Waals surface area (Å²) in [5.41, 5.74) is 1.69. The molecule has 0 aliphatic heterocycles. The van der Waals surface area contributed by atoms with Gasteiger partial charge < -0.3 is 9.30 Å². The van der Waals surface area contributed by atoms with E-state index in [0.29, 0.717) is 14.8 Å². The number of nitrogens with zero attached hydrogens (tertiary/aromatic N) is 2. The van der Waals surface area contributed by atoms with E-state index in [1.54, 1.807) is 16.7 Å². The molecule has 1 amide bonds. The van der Waals surface area contributed by atoms with Gasteiger partial charge in [0, 0.05) is 10.0 Å². The summed E-state index contributed by atoms with van der Waals surface area (Å²) in [4.78, 5) is 29.1. The van der Waals surface area contributed by atoms with Gasteiger partial charge in [0.1, 0.15) is 6.54 Å². The van der Waals surface area contributed by atoms with Crippen molar-refractivity contribution in [3.05, 3.63) is 61.3 Å². The third kappa shape index (κ3) is 4.04. The molecule has 27 heavy (non-hydrogen) atoms. The van der Waals surface area contributed by atoms with Crippen LogP contribution in [0.2, 0.25) is 15.1 Å². The van der Waals surface area contributed by atoms with Crippen molar-refractivity contribution in [1.82, 2.24) is 4.57 Å². The van der Waals surface area contributed by atoms with Gasteiger partial charge in [-0.05, 0) is 42.8 Å². The Morgan fingerprint density at radius 3 is 2.56 bits per heavy atom. The number of carbonyl (C=O) groups is 2. The van der Waals surface area contributed by atoms with Crippen LogP contribution in [0.3, 0.4) is 0 Å². The third-order valence-corrected chi connectivity index (χ3v) is 5.92. The van der Waals surface area contributed by atoms with E-state index in [9.17, 15) is 9.59 Å². The number of fused-ring (bicyclic) bond motifs is 1. The normalized spacial score (nSPS) is 11.8. The molecule has 5 nitrogen and oxygen atoms in total. The lowest BCUT2D eigenvalue weighted by molar-refractivity contribution is -0.141. The van der Waals surface area contributed by atoms with Crippen LogP contribution in [0.15, 0.2) is 35.3 Å². The lowest BCUT2D eigenvalue weighted by atomic mass is 10.2. The molecule has 0 radical (unpaired) electrons. The van der Waals surface area contributed by atoms with Crippen LogP contribution in [-0.2, 0) is 16.1 Å². The number of amides is 1. The summed E-state index contributed by atoms with van der Waals surface area (Å²) in [7, 11) is 1.30. The van der Waals surface area contributed by atoms with Gasteiger partial charge in [0.15, 0.2) is 4.80 Å². The molecule has 0 atom stereocenters. The average molecular weight is 444 g/mol. The molecule has 9 heteroatoms. The van der Waals surface area contributed by atoms with Crippen LogP contribution >= 0.6 is 46.1 Å². The predicted octanol–water partition coefficient (Wildman–Crippen LogP) is 4.89. The van der Waals surface area contributed by atoms with Gasteiger partial charge in [-0.3, -0.25) is 9.59 Å². The van der Waals surface area contributed by atoms with Crippen molar-refractivity contribution in [1.29, 1.82) is 0 Å². The van der Waals surface area contributed by atoms with E-state index >= 15 is 0 Å². The Labute approximate surface area is 173 Å². The highest BCUT2D eigenvalue weighted by Gasteiger charge is 2.16. The van der Waals surface area contributed by atoms with E-state index in [4.69, 9.17) is 39.5 Å². The highest BCUT2D eigenvalue weighted by atomic mass is 35.5. The molecule has 0 aliphatic rings. The van der Waals surface area contributed by atoms with Crippen molar-refractivity contribution in [2.75, 3.05) is 7.11 Å². The second-order valence-corrected chi connectivity index (χ2v) is 7.87. The van der Waals surface area contributed by atoms with Gasteiger partial charge in [0.25, 0.3) is 5.91 Å². The van der Waals surface area contributed by atoms with E-state index in [2.05, 4.69) is 4.99 Å². The fourth-order valence-electron chi connectivity index (χ4n) is 2.55. The number of aromatic nitrogens is 1. The minimum absolute atomic E-state index is 0.104. The van der Waals surface area contributed by atoms with Crippen molar-refractivity contribution < 1.29 is 14.3 Å². The first-order valence-electron chi connectivity index (χ1n) is 7.71. The van der Waals surface area contributed by atoms with Gasteiger partial charge in [0.05, 0.1) is 27.9 Å². The summed E-state index contributed by atoms with van der Waals surface area (Å²) < 4.78 is 7.22. The quantitative estimate of drug-likeness (QED) is 0.542. The molecule has 0 unspecified atom stereocenters. The molecule has 3 aromatic rings. The minimum atomic E-state index is -0.559.